The van der Waals surface area contributed by atoms with Crippen LogP contribution in [0.1, 0.15) is 25.5 Å². The molecule has 1 rings (SSSR count). The fourth-order valence-corrected chi connectivity index (χ4v) is 2.50. The maximum Gasteiger partial charge on any atom is 0.235 e. The number of nitrogens with zero attached hydrogens (tertiary/aromatic N) is 3. The molecule has 0 unspecified atom stereocenters. The summed E-state index contributed by atoms with van der Waals surface area (Å²) in [6.07, 6.45) is 2.03. The molecule has 1 heterocycles. The van der Waals surface area contributed by atoms with Gasteiger partial charge in [-0.15, -0.1) is 5.10 Å². The van der Waals surface area contributed by atoms with Crippen molar-refractivity contribution in [1.82, 2.24) is 15.0 Å². The standard InChI is InChI=1S/C7H9BrCl3N3/c1-2-3-4-14-5(7(9,10)11)6(8)12-13-14/h2-4H2,1H3. The second-order valence-electron chi connectivity index (χ2n) is 2.80. The molecule has 7 heteroatoms. The Balaban J connectivity index is 2.95. The van der Waals surface area contributed by atoms with Crippen LogP contribution in [0.5, 0.6) is 0 Å². The highest BCUT2D eigenvalue weighted by Crippen LogP contribution is 2.40. The van der Waals surface area contributed by atoms with E-state index in [2.05, 4.69) is 33.2 Å². The van der Waals surface area contributed by atoms with E-state index in [-0.39, 0.29) is 0 Å². The van der Waals surface area contributed by atoms with Crippen molar-refractivity contribution in [2.24, 2.45) is 0 Å². The average Bonchev–Trinajstić information content (AvgIpc) is 2.42. The topological polar surface area (TPSA) is 30.7 Å². The largest absolute Gasteiger partial charge is 0.244 e. The molecule has 0 aliphatic heterocycles. The quantitative estimate of drug-likeness (QED) is 0.795. The second-order valence-corrected chi connectivity index (χ2v) is 5.84. The smallest absolute Gasteiger partial charge is 0.235 e. The molecule has 0 aromatic carbocycles. The number of alkyl halides is 3. The van der Waals surface area contributed by atoms with Crippen LogP contribution in [-0.2, 0) is 10.3 Å². The van der Waals surface area contributed by atoms with Crippen molar-refractivity contribution in [3.05, 3.63) is 10.3 Å². The zero-order valence-corrected chi connectivity index (χ0v) is 11.3. The SMILES string of the molecule is CCCCn1nnc(Br)c1C(Cl)(Cl)Cl. The van der Waals surface area contributed by atoms with E-state index in [9.17, 15) is 0 Å². The molecule has 0 saturated carbocycles. The molecule has 0 fully saturated rings. The van der Waals surface area contributed by atoms with Gasteiger partial charge in [-0.2, -0.15) is 0 Å². The fourth-order valence-electron chi connectivity index (χ4n) is 1.02. The lowest BCUT2D eigenvalue weighted by atomic mass is 10.3. The summed E-state index contributed by atoms with van der Waals surface area (Å²) in [5, 5.41) is 7.70. The van der Waals surface area contributed by atoms with E-state index in [0.717, 1.165) is 12.8 Å². The molecule has 0 spiro atoms. The van der Waals surface area contributed by atoms with Gasteiger partial charge in [0.05, 0.1) is 0 Å². The summed E-state index contributed by atoms with van der Waals surface area (Å²) >= 11 is 20.6. The van der Waals surface area contributed by atoms with Crippen molar-refractivity contribution in [1.29, 1.82) is 0 Å². The zero-order valence-electron chi connectivity index (χ0n) is 7.47. The molecule has 0 N–H and O–H groups in total. The first-order valence-electron chi connectivity index (χ1n) is 4.13. The van der Waals surface area contributed by atoms with E-state index in [4.69, 9.17) is 34.8 Å². The Kier molecular flexibility index (Phi) is 4.50. The van der Waals surface area contributed by atoms with Crippen LogP contribution in [0.25, 0.3) is 0 Å². The van der Waals surface area contributed by atoms with Gasteiger partial charge >= 0.3 is 0 Å². The Morgan fingerprint density at radius 2 is 2.07 bits per heavy atom. The number of hydrogen-bond acceptors (Lipinski definition) is 2. The van der Waals surface area contributed by atoms with Crippen LogP contribution in [-0.4, -0.2) is 15.0 Å². The Morgan fingerprint density at radius 3 is 2.57 bits per heavy atom. The molecule has 0 amide bonds. The zero-order chi connectivity index (χ0) is 10.8. The van der Waals surface area contributed by atoms with Gasteiger partial charge in [-0.05, 0) is 22.4 Å². The van der Waals surface area contributed by atoms with Gasteiger partial charge in [-0.25, -0.2) is 4.68 Å². The highest BCUT2D eigenvalue weighted by Gasteiger charge is 2.31. The number of halogens is 4. The Morgan fingerprint density at radius 1 is 1.43 bits per heavy atom. The van der Waals surface area contributed by atoms with E-state index in [0.29, 0.717) is 16.8 Å². The number of aromatic nitrogens is 3. The van der Waals surface area contributed by atoms with Crippen LogP contribution in [0, 0.1) is 0 Å². The van der Waals surface area contributed by atoms with Gasteiger partial charge < -0.3 is 0 Å². The second kappa shape index (κ2) is 5.01. The van der Waals surface area contributed by atoms with Crippen LogP contribution in [0.4, 0.5) is 0 Å². The molecule has 0 atom stereocenters. The van der Waals surface area contributed by atoms with Gasteiger partial charge in [0.2, 0.25) is 3.79 Å². The maximum absolute atomic E-state index is 5.79. The molecule has 14 heavy (non-hydrogen) atoms. The molecule has 0 bridgehead atoms. The molecule has 0 aliphatic carbocycles. The van der Waals surface area contributed by atoms with Crippen LogP contribution < -0.4 is 0 Å². The molecule has 0 aliphatic rings. The summed E-state index contributed by atoms with van der Waals surface area (Å²) in [7, 11) is 0. The molecular formula is C7H9BrCl3N3. The summed E-state index contributed by atoms with van der Waals surface area (Å²) in [6, 6.07) is 0. The lowest BCUT2D eigenvalue weighted by Crippen LogP contribution is -2.12. The summed E-state index contributed by atoms with van der Waals surface area (Å²) in [4.78, 5) is 0. The van der Waals surface area contributed by atoms with Crippen molar-refractivity contribution in [2.45, 2.75) is 30.1 Å². The minimum atomic E-state index is -1.49. The van der Waals surface area contributed by atoms with Crippen LogP contribution >= 0.6 is 50.7 Å². The lowest BCUT2D eigenvalue weighted by molar-refractivity contribution is 0.535. The highest BCUT2D eigenvalue weighted by atomic mass is 79.9. The van der Waals surface area contributed by atoms with E-state index >= 15 is 0 Å². The first-order valence-corrected chi connectivity index (χ1v) is 6.05. The minimum absolute atomic E-state index is 0.480. The Hall–Kier alpha value is 0.490. The van der Waals surface area contributed by atoms with Crippen molar-refractivity contribution in [3.63, 3.8) is 0 Å². The summed E-state index contributed by atoms with van der Waals surface area (Å²) in [5.41, 5.74) is 0.482. The first kappa shape index (κ1) is 12.6. The Labute approximate surface area is 106 Å². The monoisotopic (exact) mass is 319 g/mol. The summed E-state index contributed by atoms with van der Waals surface area (Å²) < 4.78 is 0.602. The fraction of sp³-hybridized carbons (Fsp3) is 0.714. The van der Waals surface area contributed by atoms with Gasteiger partial charge in [0, 0.05) is 6.54 Å². The molecule has 0 radical (unpaired) electrons. The predicted octanol–water partition coefficient (Wildman–Crippen LogP) is 3.67. The van der Waals surface area contributed by atoms with Crippen molar-refractivity contribution in [3.8, 4) is 0 Å². The highest BCUT2D eigenvalue weighted by molar-refractivity contribution is 9.10. The van der Waals surface area contributed by atoms with Crippen molar-refractivity contribution in [2.75, 3.05) is 0 Å². The third kappa shape index (κ3) is 2.99. The average molecular weight is 321 g/mol. The van der Waals surface area contributed by atoms with E-state index < -0.39 is 3.79 Å². The molecule has 1 aromatic heterocycles. The van der Waals surface area contributed by atoms with Crippen molar-refractivity contribution >= 4 is 50.7 Å². The normalized spacial score (nSPS) is 12.1. The summed E-state index contributed by atoms with van der Waals surface area (Å²) in [5.74, 6) is 0. The number of rotatable bonds is 3. The predicted molar refractivity (Wildman–Crippen MR) is 61.9 cm³/mol. The minimum Gasteiger partial charge on any atom is -0.244 e. The van der Waals surface area contributed by atoms with Crippen LogP contribution in [0.3, 0.4) is 0 Å². The lowest BCUT2D eigenvalue weighted by Gasteiger charge is -2.12. The Bertz CT molecular complexity index is 308. The van der Waals surface area contributed by atoms with Crippen LogP contribution in [0.2, 0.25) is 0 Å². The van der Waals surface area contributed by atoms with Gasteiger partial charge in [0.1, 0.15) is 5.69 Å². The molecule has 0 saturated heterocycles. The molecular weight excluding hydrogens is 312 g/mol. The third-order valence-electron chi connectivity index (χ3n) is 1.69. The molecule has 3 nitrogen and oxygen atoms in total. The van der Waals surface area contributed by atoms with Gasteiger partial charge in [-0.3, -0.25) is 0 Å². The van der Waals surface area contributed by atoms with E-state index in [1.807, 2.05) is 0 Å². The van der Waals surface area contributed by atoms with E-state index in [1.165, 1.54) is 0 Å². The number of hydrogen-bond donors (Lipinski definition) is 0. The van der Waals surface area contributed by atoms with E-state index in [1.54, 1.807) is 4.68 Å². The maximum atomic E-state index is 5.79. The van der Waals surface area contributed by atoms with Gasteiger partial charge in [0.25, 0.3) is 0 Å². The van der Waals surface area contributed by atoms with Gasteiger partial charge in [-0.1, -0.05) is 53.4 Å². The third-order valence-corrected chi connectivity index (χ3v) is 2.76. The van der Waals surface area contributed by atoms with Gasteiger partial charge in [0.15, 0.2) is 4.60 Å². The van der Waals surface area contributed by atoms with Crippen LogP contribution in [0.15, 0.2) is 4.60 Å². The number of unbranched alkanes of at least 4 members (excludes halogenated alkanes) is 1. The number of aryl methyl sites for hydroxylation is 1. The first-order chi connectivity index (χ1) is 6.46. The molecule has 1 aromatic rings. The molecule has 80 valence electrons. The van der Waals surface area contributed by atoms with Crippen molar-refractivity contribution < 1.29 is 0 Å². The summed E-state index contributed by atoms with van der Waals surface area (Å²) in [6.45, 7) is 2.79.